The smallest absolute Gasteiger partial charge is 0.223 e. The normalized spacial score (nSPS) is 20.3. The van der Waals surface area contributed by atoms with Gasteiger partial charge in [-0.15, -0.1) is 0 Å². The highest BCUT2D eigenvalue weighted by molar-refractivity contribution is 5.85. The summed E-state index contributed by atoms with van der Waals surface area (Å²) >= 11 is 0. The molecule has 0 bridgehead atoms. The molecule has 84 valence electrons. The van der Waals surface area contributed by atoms with Crippen molar-refractivity contribution < 1.29 is 24.6 Å². The van der Waals surface area contributed by atoms with Crippen molar-refractivity contribution in [1.82, 2.24) is 4.90 Å². The van der Waals surface area contributed by atoms with Crippen LogP contribution in [-0.4, -0.2) is 35.3 Å². The second-order valence-corrected chi connectivity index (χ2v) is 3.44. The van der Waals surface area contributed by atoms with Crippen LogP contribution in [-0.2, 0) is 14.4 Å². The van der Waals surface area contributed by atoms with Gasteiger partial charge in [-0.1, -0.05) is 0 Å². The van der Waals surface area contributed by atoms with Gasteiger partial charge in [-0.05, 0) is 19.3 Å². The molecule has 6 heteroatoms. The Kier molecular flexibility index (Phi) is 3.65. The number of aliphatic carboxylic acids is 2. The molecule has 1 atom stereocenters. The van der Waals surface area contributed by atoms with Crippen LogP contribution in [0, 0.1) is 0 Å². The lowest BCUT2D eigenvalue weighted by atomic mass is 10.2. The summed E-state index contributed by atoms with van der Waals surface area (Å²) in [6.07, 6.45) is 0.385. The van der Waals surface area contributed by atoms with Crippen LogP contribution in [0.25, 0.3) is 0 Å². The lowest BCUT2D eigenvalue weighted by Gasteiger charge is -2.25. The van der Waals surface area contributed by atoms with Crippen LogP contribution in [0.3, 0.4) is 0 Å². The molecule has 0 aliphatic carbocycles. The van der Waals surface area contributed by atoms with Crippen LogP contribution in [0.4, 0.5) is 0 Å². The zero-order chi connectivity index (χ0) is 11.4. The first-order chi connectivity index (χ1) is 7.02. The fraction of sp³-hybridized carbons (Fsp3) is 0.667. The van der Waals surface area contributed by atoms with Crippen LogP contribution < -0.4 is 10.2 Å². The number of rotatable bonds is 4. The number of hydrogen-bond acceptors (Lipinski definition) is 5. The molecule has 0 spiro atoms. The standard InChI is InChI=1S/C9H13NO5/c11-7(3-4-8(12)13)10-5-1-2-6(10)9(14)15/h6H,1-5H2,(H,12,13)(H,14,15)/p-2/t6-/m0/s1. The number of nitrogens with zero attached hydrogens (tertiary/aromatic N) is 1. The molecule has 0 aromatic heterocycles. The zero-order valence-electron chi connectivity index (χ0n) is 8.10. The van der Waals surface area contributed by atoms with Crippen molar-refractivity contribution in [2.24, 2.45) is 0 Å². The first-order valence-corrected chi connectivity index (χ1v) is 4.72. The number of carbonyl (C=O) groups is 3. The Bertz CT molecular complexity index is 288. The minimum absolute atomic E-state index is 0.216. The summed E-state index contributed by atoms with van der Waals surface area (Å²) in [4.78, 5) is 33.3. The van der Waals surface area contributed by atoms with Gasteiger partial charge in [-0.3, -0.25) is 4.79 Å². The van der Waals surface area contributed by atoms with Gasteiger partial charge in [0.25, 0.3) is 0 Å². The number of carboxylic acid groups (broad SMARTS) is 2. The van der Waals surface area contributed by atoms with Gasteiger partial charge in [0, 0.05) is 18.9 Å². The Balaban J connectivity index is 2.51. The monoisotopic (exact) mass is 213 g/mol. The molecule has 1 heterocycles. The largest absolute Gasteiger partial charge is 0.550 e. The predicted molar refractivity (Wildman–Crippen MR) is 44.0 cm³/mol. The number of carboxylic acids is 2. The van der Waals surface area contributed by atoms with Gasteiger partial charge in [0.2, 0.25) is 5.91 Å². The van der Waals surface area contributed by atoms with E-state index < -0.39 is 23.9 Å². The Hall–Kier alpha value is -1.59. The van der Waals surface area contributed by atoms with Crippen molar-refractivity contribution in [2.75, 3.05) is 6.54 Å². The fourth-order valence-electron chi connectivity index (χ4n) is 1.66. The minimum Gasteiger partial charge on any atom is -0.550 e. The maximum Gasteiger partial charge on any atom is 0.223 e. The minimum atomic E-state index is -1.31. The van der Waals surface area contributed by atoms with E-state index in [1.165, 1.54) is 0 Å². The summed E-state index contributed by atoms with van der Waals surface area (Å²) in [6.45, 7) is 0.352. The maximum absolute atomic E-state index is 11.4. The zero-order valence-corrected chi connectivity index (χ0v) is 8.10. The second kappa shape index (κ2) is 4.77. The molecule has 0 radical (unpaired) electrons. The molecule has 0 aromatic carbocycles. The Morgan fingerprint density at radius 2 is 1.87 bits per heavy atom. The van der Waals surface area contributed by atoms with Crippen LogP contribution in [0.15, 0.2) is 0 Å². The van der Waals surface area contributed by atoms with Crippen molar-refractivity contribution in [1.29, 1.82) is 0 Å². The Labute approximate surface area is 86.5 Å². The Morgan fingerprint density at radius 1 is 1.20 bits per heavy atom. The number of likely N-dealkylation sites (tertiary alicyclic amines) is 1. The number of hydrogen-bond donors (Lipinski definition) is 0. The van der Waals surface area contributed by atoms with Crippen molar-refractivity contribution in [3.8, 4) is 0 Å². The van der Waals surface area contributed by atoms with E-state index in [1.54, 1.807) is 0 Å². The first-order valence-electron chi connectivity index (χ1n) is 4.72. The van der Waals surface area contributed by atoms with Gasteiger partial charge in [0.1, 0.15) is 0 Å². The van der Waals surface area contributed by atoms with E-state index in [2.05, 4.69) is 0 Å². The third-order valence-electron chi connectivity index (χ3n) is 2.39. The molecule has 1 rings (SSSR count). The van der Waals surface area contributed by atoms with Gasteiger partial charge in [0.05, 0.1) is 12.0 Å². The van der Waals surface area contributed by atoms with Crippen LogP contribution in [0.2, 0.25) is 0 Å². The molecule has 0 saturated carbocycles. The highest BCUT2D eigenvalue weighted by Gasteiger charge is 2.28. The van der Waals surface area contributed by atoms with E-state index in [0.717, 1.165) is 4.90 Å². The molecule has 6 nitrogen and oxygen atoms in total. The topological polar surface area (TPSA) is 101 Å². The molecule has 1 saturated heterocycles. The first kappa shape index (κ1) is 11.5. The number of carbonyl (C=O) groups excluding carboxylic acids is 3. The van der Waals surface area contributed by atoms with E-state index in [-0.39, 0.29) is 12.8 Å². The van der Waals surface area contributed by atoms with Crippen molar-refractivity contribution in [3.63, 3.8) is 0 Å². The van der Waals surface area contributed by atoms with Crippen molar-refractivity contribution in [2.45, 2.75) is 31.7 Å². The molecule has 1 amide bonds. The lowest BCUT2D eigenvalue weighted by Crippen LogP contribution is -2.47. The average Bonchev–Trinajstić information content (AvgIpc) is 2.62. The summed E-state index contributed by atoms with van der Waals surface area (Å²) in [5, 5.41) is 20.7. The molecule has 0 N–H and O–H groups in total. The van der Waals surface area contributed by atoms with E-state index in [9.17, 15) is 24.6 Å². The van der Waals surface area contributed by atoms with Crippen LogP contribution in [0.1, 0.15) is 25.7 Å². The Morgan fingerprint density at radius 3 is 2.40 bits per heavy atom. The van der Waals surface area contributed by atoms with Gasteiger partial charge in [-0.25, -0.2) is 0 Å². The highest BCUT2D eigenvalue weighted by atomic mass is 16.4. The summed E-state index contributed by atoms with van der Waals surface area (Å²) < 4.78 is 0. The fourth-order valence-corrected chi connectivity index (χ4v) is 1.66. The van der Waals surface area contributed by atoms with Crippen LogP contribution in [0.5, 0.6) is 0 Å². The van der Waals surface area contributed by atoms with Crippen LogP contribution >= 0.6 is 0 Å². The second-order valence-electron chi connectivity index (χ2n) is 3.44. The van der Waals surface area contributed by atoms with Gasteiger partial charge in [-0.2, -0.15) is 0 Å². The molecule has 15 heavy (non-hydrogen) atoms. The molecular weight excluding hydrogens is 202 g/mol. The molecule has 0 unspecified atom stereocenters. The van der Waals surface area contributed by atoms with Crippen molar-refractivity contribution >= 4 is 17.8 Å². The summed E-state index contributed by atoms with van der Waals surface area (Å²) in [7, 11) is 0. The predicted octanol–water partition coefficient (Wildman–Crippen LogP) is -2.74. The SMILES string of the molecule is O=C([O-])CCC(=O)N1CCC[C@H]1C(=O)[O-]. The molecule has 1 fully saturated rings. The van der Waals surface area contributed by atoms with Gasteiger partial charge < -0.3 is 24.7 Å². The molecular formula is C9H11NO5-2. The third kappa shape index (κ3) is 2.93. The third-order valence-corrected chi connectivity index (χ3v) is 2.39. The van der Waals surface area contributed by atoms with Crippen molar-refractivity contribution in [3.05, 3.63) is 0 Å². The van der Waals surface area contributed by atoms with E-state index >= 15 is 0 Å². The average molecular weight is 213 g/mol. The number of amides is 1. The van der Waals surface area contributed by atoms with Gasteiger partial charge in [0.15, 0.2) is 0 Å². The molecule has 0 aromatic rings. The summed E-state index contributed by atoms with van der Waals surface area (Å²) in [5.74, 6) is -3.06. The van der Waals surface area contributed by atoms with E-state index in [4.69, 9.17) is 0 Å². The maximum atomic E-state index is 11.4. The highest BCUT2D eigenvalue weighted by Crippen LogP contribution is 2.17. The van der Waals surface area contributed by atoms with E-state index in [1.807, 2.05) is 0 Å². The summed E-state index contributed by atoms with van der Waals surface area (Å²) in [6, 6.07) is -0.903. The van der Waals surface area contributed by atoms with Gasteiger partial charge >= 0.3 is 0 Å². The summed E-state index contributed by atoms with van der Waals surface area (Å²) in [5.41, 5.74) is 0. The quantitative estimate of drug-likeness (QED) is 0.504. The van der Waals surface area contributed by atoms with E-state index in [0.29, 0.717) is 19.4 Å². The lowest BCUT2D eigenvalue weighted by molar-refractivity contribution is -0.310. The molecule has 1 aliphatic rings. The molecule has 1 aliphatic heterocycles.